The Morgan fingerprint density at radius 3 is 2.78 bits per heavy atom. The summed E-state index contributed by atoms with van der Waals surface area (Å²) in [5.41, 5.74) is 2.38. The molecule has 0 fully saturated rings. The number of phenols is 2. The molecule has 1 aliphatic carbocycles. The summed E-state index contributed by atoms with van der Waals surface area (Å²) in [6.07, 6.45) is 8.59. The lowest BCUT2D eigenvalue weighted by molar-refractivity contribution is 0.444. The van der Waals surface area contributed by atoms with Gasteiger partial charge in [-0.3, -0.25) is 0 Å². The second kappa shape index (κ2) is 6.45. The van der Waals surface area contributed by atoms with E-state index in [4.69, 9.17) is 0 Å². The van der Waals surface area contributed by atoms with Gasteiger partial charge in [0.2, 0.25) is 0 Å². The first-order valence-corrected chi connectivity index (χ1v) is 6.65. The Morgan fingerprint density at radius 1 is 1.17 bits per heavy atom. The van der Waals surface area contributed by atoms with Crippen LogP contribution in [-0.2, 0) is 6.54 Å². The summed E-state index contributed by atoms with van der Waals surface area (Å²) in [5, 5.41) is 22.1. The Morgan fingerprint density at radius 2 is 2.06 bits per heavy atom. The Balaban J connectivity index is 1.73. The zero-order valence-corrected chi connectivity index (χ0v) is 10.7. The monoisotopic (exact) mass is 247 g/mol. The minimum absolute atomic E-state index is 0.101. The SMILES string of the molecule is Oc1ccc(CNCCC2=CCCCC2)c(O)c1. The molecule has 0 heterocycles. The van der Waals surface area contributed by atoms with E-state index in [0.29, 0.717) is 6.54 Å². The average molecular weight is 247 g/mol. The number of hydrogen-bond donors (Lipinski definition) is 3. The molecule has 2 rings (SSSR count). The van der Waals surface area contributed by atoms with Crippen molar-refractivity contribution >= 4 is 0 Å². The number of phenolic OH excluding ortho intramolecular Hbond substituents is 2. The van der Waals surface area contributed by atoms with Gasteiger partial charge in [-0.2, -0.15) is 0 Å². The summed E-state index contributed by atoms with van der Waals surface area (Å²) in [6, 6.07) is 4.72. The maximum Gasteiger partial charge on any atom is 0.123 e. The molecule has 0 saturated carbocycles. The Labute approximate surface area is 108 Å². The van der Waals surface area contributed by atoms with Crippen LogP contribution in [0.25, 0.3) is 0 Å². The van der Waals surface area contributed by atoms with Crippen LogP contribution in [0.3, 0.4) is 0 Å². The molecule has 1 aliphatic rings. The molecule has 0 radical (unpaired) electrons. The third kappa shape index (κ3) is 3.77. The molecule has 0 saturated heterocycles. The highest BCUT2D eigenvalue weighted by atomic mass is 16.3. The first-order chi connectivity index (χ1) is 8.75. The van der Waals surface area contributed by atoms with Gasteiger partial charge in [0.1, 0.15) is 11.5 Å². The summed E-state index contributed by atoms with van der Waals surface area (Å²) in [5.74, 6) is 0.253. The van der Waals surface area contributed by atoms with Crippen molar-refractivity contribution in [1.29, 1.82) is 0 Å². The lowest BCUT2D eigenvalue weighted by atomic mass is 9.97. The zero-order valence-electron chi connectivity index (χ0n) is 10.7. The van der Waals surface area contributed by atoms with E-state index in [1.165, 1.54) is 31.7 Å². The lowest BCUT2D eigenvalue weighted by Crippen LogP contribution is -2.15. The third-order valence-electron chi connectivity index (χ3n) is 3.39. The van der Waals surface area contributed by atoms with Crippen molar-refractivity contribution in [2.75, 3.05) is 6.54 Å². The Hall–Kier alpha value is -1.48. The van der Waals surface area contributed by atoms with Crippen molar-refractivity contribution in [2.45, 2.75) is 38.6 Å². The van der Waals surface area contributed by atoms with E-state index < -0.39 is 0 Å². The number of allylic oxidation sites excluding steroid dienone is 1. The zero-order chi connectivity index (χ0) is 12.8. The smallest absolute Gasteiger partial charge is 0.123 e. The molecule has 0 aliphatic heterocycles. The van der Waals surface area contributed by atoms with Gasteiger partial charge in [0, 0.05) is 18.2 Å². The second-order valence-electron chi connectivity index (χ2n) is 4.85. The number of rotatable bonds is 5. The van der Waals surface area contributed by atoms with Crippen molar-refractivity contribution in [2.24, 2.45) is 0 Å². The molecule has 18 heavy (non-hydrogen) atoms. The van der Waals surface area contributed by atoms with E-state index >= 15 is 0 Å². The van der Waals surface area contributed by atoms with E-state index in [0.717, 1.165) is 18.5 Å². The molecule has 0 unspecified atom stereocenters. The van der Waals surface area contributed by atoms with Crippen molar-refractivity contribution in [1.82, 2.24) is 5.32 Å². The summed E-state index contributed by atoms with van der Waals surface area (Å²) in [6.45, 7) is 1.57. The molecule has 0 atom stereocenters. The van der Waals surface area contributed by atoms with Gasteiger partial charge >= 0.3 is 0 Å². The molecular weight excluding hydrogens is 226 g/mol. The fraction of sp³-hybridized carbons (Fsp3) is 0.467. The van der Waals surface area contributed by atoms with E-state index in [9.17, 15) is 10.2 Å². The van der Waals surface area contributed by atoms with Crippen LogP contribution in [-0.4, -0.2) is 16.8 Å². The molecule has 0 bridgehead atoms. The third-order valence-corrected chi connectivity index (χ3v) is 3.39. The predicted octanol–water partition coefficient (Wildman–Crippen LogP) is 3.08. The molecule has 3 heteroatoms. The minimum Gasteiger partial charge on any atom is -0.508 e. The predicted molar refractivity (Wildman–Crippen MR) is 72.6 cm³/mol. The average Bonchev–Trinajstić information content (AvgIpc) is 2.38. The number of hydrogen-bond acceptors (Lipinski definition) is 3. The van der Waals surface area contributed by atoms with E-state index in [1.807, 2.05) is 0 Å². The van der Waals surface area contributed by atoms with E-state index in [1.54, 1.807) is 17.7 Å². The van der Waals surface area contributed by atoms with Gasteiger partial charge in [0.05, 0.1) is 0 Å². The summed E-state index contributed by atoms with van der Waals surface area (Å²) in [7, 11) is 0. The topological polar surface area (TPSA) is 52.5 Å². The van der Waals surface area contributed by atoms with Gasteiger partial charge < -0.3 is 15.5 Å². The molecule has 1 aromatic carbocycles. The molecular formula is C15H21NO2. The highest BCUT2D eigenvalue weighted by Gasteiger charge is 2.04. The van der Waals surface area contributed by atoms with Crippen LogP contribution in [0.4, 0.5) is 0 Å². The van der Waals surface area contributed by atoms with E-state index in [2.05, 4.69) is 11.4 Å². The highest BCUT2D eigenvalue weighted by Crippen LogP contribution is 2.22. The normalized spacial score (nSPS) is 15.4. The summed E-state index contributed by atoms with van der Waals surface area (Å²) in [4.78, 5) is 0. The first-order valence-electron chi connectivity index (χ1n) is 6.65. The van der Waals surface area contributed by atoms with Crippen LogP contribution < -0.4 is 5.32 Å². The maximum atomic E-state index is 9.63. The van der Waals surface area contributed by atoms with Gasteiger partial charge in [-0.25, -0.2) is 0 Å². The van der Waals surface area contributed by atoms with Crippen LogP contribution in [0.15, 0.2) is 29.8 Å². The van der Waals surface area contributed by atoms with Crippen LogP contribution in [0, 0.1) is 0 Å². The quantitative estimate of drug-likeness (QED) is 0.553. The fourth-order valence-corrected chi connectivity index (χ4v) is 2.31. The molecule has 3 N–H and O–H groups in total. The fourth-order valence-electron chi connectivity index (χ4n) is 2.31. The maximum absolute atomic E-state index is 9.63. The first kappa shape index (κ1) is 13.0. The van der Waals surface area contributed by atoms with Crippen LogP contribution >= 0.6 is 0 Å². The Bertz CT molecular complexity index is 427. The minimum atomic E-state index is 0.101. The van der Waals surface area contributed by atoms with Crippen molar-refractivity contribution in [3.63, 3.8) is 0 Å². The largest absolute Gasteiger partial charge is 0.508 e. The Kier molecular flexibility index (Phi) is 4.65. The highest BCUT2D eigenvalue weighted by molar-refractivity contribution is 5.38. The number of benzene rings is 1. The van der Waals surface area contributed by atoms with Gasteiger partial charge in [-0.1, -0.05) is 17.7 Å². The van der Waals surface area contributed by atoms with Crippen molar-refractivity contribution in [3.05, 3.63) is 35.4 Å². The standard InChI is InChI=1S/C15H21NO2/c17-14-7-6-13(15(18)10-14)11-16-9-8-12-4-2-1-3-5-12/h4,6-7,10,16-18H,1-3,5,8-9,11H2. The van der Waals surface area contributed by atoms with Crippen LogP contribution in [0.5, 0.6) is 11.5 Å². The van der Waals surface area contributed by atoms with Crippen LogP contribution in [0.2, 0.25) is 0 Å². The lowest BCUT2D eigenvalue weighted by Gasteiger charge is -2.13. The second-order valence-corrected chi connectivity index (χ2v) is 4.85. The summed E-state index contributed by atoms with van der Waals surface area (Å²) < 4.78 is 0. The van der Waals surface area contributed by atoms with Gasteiger partial charge in [0.25, 0.3) is 0 Å². The molecule has 0 aromatic heterocycles. The van der Waals surface area contributed by atoms with Gasteiger partial charge in [-0.15, -0.1) is 0 Å². The molecule has 3 nitrogen and oxygen atoms in total. The molecule has 0 spiro atoms. The van der Waals surface area contributed by atoms with Crippen molar-refractivity contribution in [3.8, 4) is 11.5 Å². The molecule has 0 amide bonds. The summed E-state index contributed by atoms with van der Waals surface area (Å²) >= 11 is 0. The van der Waals surface area contributed by atoms with Crippen LogP contribution in [0.1, 0.15) is 37.7 Å². The van der Waals surface area contributed by atoms with Gasteiger partial charge in [-0.05, 0) is 44.7 Å². The van der Waals surface area contributed by atoms with Crippen molar-refractivity contribution < 1.29 is 10.2 Å². The molecule has 1 aromatic rings. The number of aromatic hydroxyl groups is 2. The van der Waals surface area contributed by atoms with Gasteiger partial charge in [0.15, 0.2) is 0 Å². The molecule has 98 valence electrons. The number of nitrogens with one attached hydrogen (secondary N) is 1. The van der Waals surface area contributed by atoms with E-state index in [-0.39, 0.29) is 11.5 Å².